The maximum atomic E-state index is 12.6. The fraction of sp³-hybridized carbons (Fsp3) is 0.0625. The second-order valence-corrected chi connectivity index (χ2v) is 5.18. The molecule has 0 aliphatic rings. The summed E-state index contributed by atoms with van der Waals surface area (Å²) in [7, 11) is 0. The van der Waals surface area contributed by atoms with E-state index in [-0.39, 0.29) is 5.91 Å². The first kappa shape index (κ1) is 13.8. The molecule has 0 aliphatic carbocycles. The second kappa shape index (κ2) is 6.52. The van der Waals surface area contributed by atoms with Crippen molar-refractivity contribution in [3.63, 3.8) is 0 Å². The van der Waals surface area contributed by atoms with E-state index in [1.54, 1.807) is 11.0 Å². The van der Waals surface area contributed by atoms with Crippen LogP contribution in [-0.4, -0.2) is 12.5 Å². The largest absolute Gasteiger partial charge is 0.305 e. The number of nitrogens with zero attached hydrogens (tertiary/aromatic N) is 1. The Bertz CT molecular complexity index is 580. The zero-order chi connectivity index (χ0) is 13.7. The lowest BCUT2D eigenvalue weighted by Gasteiger charge is -2.21. The topological polar surface area (TPSA) is 20.3 Å². The molecule has 0 aliphatic heterocycles. The molecule has 0 aromatic heterocycles. The van der Waals surface area contributed by atoms with Crippen LogP contribution in [0.2, 0.25) is 0 Å². The lowest BCUT2D eigenvalue weighted by Crippen LogP contribution is -2.31. The van der Waals surface area contributed by atoms with Crippen LogP contribution in [0.3, 0.4) is 0 Å². The molecule has 0 bridgehead atoms. The van der Waals surface area contributed by atoms with E-state index < -0.39 is 0 Å². The molecule has 2 rings (SSSR count). The number of carbonyl (C=O) groups excluding carboxylic acids is 1. The van der Waals surface area contributed by atoms with Gasteiger partial charge in [-0.2, -0.15) is 0 Å². The summed E-state index contributed by atoms with van der Waals surface area (Å²) >= 11 is 2.18. The van der Waals surface area contributed by atoms with Crippen molar-refractivity contribution in [3.8, 4) is 0 Å². The number of halogens is 1. The summed E-state index contributed by atoms with van der Waals surface area (Å²) in [5.74, 6) is -0.00361. The van der Waals surface area contributed by atoms with Crippen molar-refractivity contribution >= 4 is 34.2 Å². The van der Waals surface area contributed by atoms with Gasteiger partial charge in [0.2, 0.25) is 0 Å². The predicted molar refractivity (Wildman–Crippen MR) is 87.5 cm³/mol. The van der Waals surface area contributed by atoms with Gasteiger partial charge in [-0.25, -0.2) is 0 Å². The third-order valence-corrected chi connectivity index (χ3v) is 3.67. The molecule has 3 heteroatoms. The normalized spacial score (nSPS) is 9.95. The maximum absolute atomic E-state index is 12.6. The first-order chi connectivity index (χ1) is 9.24. The van der Waals surface area contributed by atoms with E-state index >= 15 is 0 Å². The number of hydrogen-bond donors (Lipinski definition) is 0. The first-order valence-electron chi connectivity index (χ1n) is 5.96. The van der Waals surface area contributed by atoms with Gasteiger partial charge < -0.3 is 4.90 Å². The summed E-state index contributed by atoms with van der Waals surface area (Å²) in [6.45, 7) is 4.22. The Hall–Kier alpha value is -1.62. The molecular weight excluding hydrogens is 349 g/mol. The summed E-state index contributed by atoms with van der Waals surface area (Å²) in [6.07, 6.45) is 1.74. The number of anilines is 1. The van der Waals surface area contributed by atoms with Crippen LogP contribution in [-0.2, 0) is 0 Å². The summed E-state index contributed by atoms with van der Waals surface area (Å²) < 4.78 is 0.954. The molecule has 19 heavy (non-hydrogen) atoms. The van der Waals surface area contributed by atoms with Crippen LogP contribution in [0.25, 0.3) is 0 Å². The van der Waals surface area contributed by atoms with Crippen molar-refractivity contribution in [2.24, 2.45) is 0 Å². The Labute approximate surface area is 126 Å². The van der Waals surface area contributed by atoms with Gasteiger partial charge in [0.15, 0.2) is 0 Å². The Morgan fingerprint density at radius 1 is 1.11 bits per heavy atom. The molecule has 0 radical (unpaired) electrons. The van der Waals surface area contributed by atoms with Crippen molar-refractivity contribution in [3.05, 3.63) is 76.4 Å². The summed E-state index contributed by atoms with van der Waals surface area (Å²) in [4.78, 5) is 14.4. The zero-order valence-corrected chi connectivity index (χ0v) is 12.6. The van der Waals surface area contributed by atoms with Crippen molar-refractivity contribution < 1.29 is 4.79 Å². The first-order valence-corrected chi connectivity index (χ1v) is 7.04. The van der Waals surface area contributed by atoms with Gasteiger partial charge >= 0.3 is 0 Å². The number of benzene rings is 2. The highest BCUT2D eigenvalue weighted by Gasteiger charge is 2.18. The van der Waals surface area contributed by atoms with E-state index in [1.807, 2.05) is 54.6 Å². The molecule has 0 fully saturated rings. The van der Waals surface area contributed by atoms with E-state index in [2.05, 4.69) is 29.2 Å². The van der Waals surface area contributed by atoms with Gasteiger partial charge in [0.05, 0.1) is 5.56 Å². The molecule has 0 saturated heterocycles. The fourth-order valence-electron chi connectivity index (χ4n) is 1.82. The van der Waals surface area contributed by atoms with Crippen molar-refractivity contribution in [1.29, 1.82) is 0 Å². The third-order valence-electron chi connectivity index (χ3n) is 2.73. The van der Waals surface area contributed by atoms with Crippen LogP contribution in [0.5, 0.6) is 0 Å². The van der Waals surface area contributed by atoms with Crippen LogP contribution < -0.4 is 4.90 Å². The van der Waals surface area contributed by atoms with Gasteiger partial charge in [-0.15, -0.1) is 6.58 Å². The van der Waals surface area contributed by atoms with Crippen molar-refractivity contribution in [1.82, 2.24) is 0 Å². The molecule has 2 aromatic carbocycles. The van der Waals surface area contributed by atoms with Gasteiger partial charge in [-0.1, -0.05) is 36.4 Å². The smallest absolute Gasteiger partial charge is 0.259 e. The average molecular weight is 363 g/mol. The summed E-state index contributed by atoms with van der Waals surface area (Å²) in [5, 5.41) is 0. The quantitative estimate of drug-likeness (QED) is 0.591. The van der Waals surface area contributed by atoms with Crippen LogP contribution in [0.15, 0.2) is 67.3 Å². The van der Waals surface area contributed by atoms with Crippen LogP contribution in [0.4, 0.5) is 5.69 Å². The van der Waals surface area contributed by atoms with E-state index in [0.29, 0.717) is 12.1 Å². The van der Waals surface area contributed by atoms with Crippen molar-refractivity contribution in [2.75, 3.05) is 11.4 Å². The number of hydrogen-bond acceptors (Lipinski definition) is 1. The third kappa shape index (κ3) is 3.23. The Morgan fingerprint density at radius 2 is 1.74 bits per heavy atom. The lowest BCUT2D eigenvalue weighted by atomic mass is 10.2. The molecular formula is C16H14INO. The maximum Gasteiger partial charge on any atom is 0.259 e. The number of amides is 1. The Kier molecular flexibility index (Phi) is 4.74. The van der Waals surface area contributed by atoms with Crippen molar-refractivity contribution in [2.45, 2.75) is 0 Å². The number of rotatable bonds is 4. The molecule has 1 amide bonds. The highest BCUT2D eigenvalue weighted by molar-refractivity contribution is 14.1. The van der Waals surface area contributed by atoms with Crippen LogP contribution in [0, 0.1) is 3.57 Å². The molecule has 2 nitrogen and oxygen atoms in total. The van der Waals surface area contributed by atoms with Crippen LogP contribution >= 0.6 is 22.6 Å². The standard InChI is InChI=1S/C16H14INO/c1-2-12-18(13-8-4-3-5-9-13)16(19)14-10-6-7-11-15(14)17/h2-11H,1,12H2. The lowest BCUT2D eigenvalue weighted by molar-refractivity contribution is 0.0989. The molecule has 2 aromatic rings. The summed E-state index contributed by atoms with van der Waals surface area (Å²) in [6, 6.07) is 17.2. The Morgan fingerprint density at radius 3 is 2.37 bits per heavy atom. The van der Waals surface area contributed by atoms with Gasteiger partial charge in [0.25, 0.3) is 5.91 Å². The van der Waals surface area contributed by atoms with Crippen LogP contribution in [0.1, 0.15) is 10.4 Å². The monoisotopic (exact) mass is 363 g/mol. The molecule has 0 spiro atoms. The number of carbonyl (C=O) groups is 1. The van der Waals surface area contributed by atoms with Gasteiger partial charge in [0.1, 0.15) is 0 Å². The van der Waals surface area contributed by atoms with E-state index in [4.69, 9.17) is 0 Å². The zero-order valence-electron chi connectivity index (χ0n) is 10.4. The van der Waals surface area contributed by atoms with E-state index in [1.165, 1.54) is 0 Å². The van der Waals surface area contributed by atoms with E-state index in [9.17, 15) is 4.79 Å². The number of para-hydroxylation sites is 1. The summed E-state index contributed by atoms with van der Waals surface area (Å²) in [5.41, 5.74) is 1.60. The molecule has 0 atom stereocenters. The minimum Gasteiger partial charge on any atom is -0.305 e. The highest BCUT2D eigenvalue weighted by atomic mass is 127. The second-order valence-electron chi connectivity index (χ2n) is 4.02. The average Bonchev–Trinajstić information content (AvgIpc) is 2.45. The fourth-order valence-corrected chi connectivity index (χ4v) is 2.44. The Balaban J connectivity index is 2.38. The molecule has 0 heterocycles. The van der Waals surface area contributed by atoms with Gasteiger partial charge in [-0.05, 0) is 46.9 Å². The van der Waals surface area contributed by atoms with Gasteiger partial charge in [-0.3, -0.25) is 4.79 Å². The van der Waals surface area contributed by atoms with E-state index in [0.717, 1.165) is 9.26 Å². The molecule has 96 valence electrons. The van der Waals surface area contributed by atoms with Gasteiger partial charge in [0, 0.05) is 15.8 Å². The molecule has 0 saturated carbocycles. The SMILES string of the molecule is C=CCN(C(=O)c1ccccc1I)c1ccccc1. The molecule has 0 unspecified atom stereocenters. The predicted octanol–water partition coefficient (Wildman–Crippen LogP) is 4.12. The minimum atomic E-state index is -0.00361. The highest BCUT2D eigenvalue weighted by Crippen LogP contribution is 2.19. The molecule has 0 N–H and O–H groups in total. The minimum absolute atomic E-state index is 0.00361.